The van der Waals surface area contributed by atoms with E-state index in [0.29, 0.717) is 5.56 Å². The molecule has 0 radical (unpaired) electrons. The van der Waals surface area contributed by atoms with Crippen LogP contribution in [-0.2, 0) is 5.41 Å². The van der Waals surface area contributed by atoms with E-state index in [1.165, 1.54) is 22.3 Å². The summed E-state index contributed by atoms with van der Waals surface area (Å²) in [6.07, 6.45) is 1.95. The van der Waals surface area contributed by atoms with E-state index >= 15 is 0 Å². The monoisotopic (exact) mass is 651 g/mol. The molecule has 240 valence electrons. The van der Waals surface area contributed by atoms with Gasteiger partial charge in [-0.1, -0.05) is 158 Å². The number of benzene rings is 7. The molecule has 7 aromatic carbocycles. The molecule has 1 unspecified atom stereocenters. The number of rotatable bonds is 6. The summed E-state index contributed by atoms with van der Waals surface area (Å²) in [5, 5.41) is 13.7. The minimum absolute atomic E-state index is 0.209. The Balaban J connectivity index is 1.21. The van der Waals surface area contributed by atoms with Crippen LogP contribution in [0, 0.1) is 11.3 Å². The Labute approximate surface area is 298 Å². The molecule has 9 rings (SSSR count). The third-order valence-electron chi connectivity index (χ3n) is 10.2. The Morgan fingerprint density at radius 1 is 0.510 bits per heavy atom. The van der Waals surface area contributed by atoms with Gasteiger partial charge in [0.15, 0.2) is 0 Å². The van der Waals surface area contributed by atoms with E-state index < -0.39 is 5.41 Å². The molecular formula is C48H33N3. The molecule has 2 aliphatic rings. The normalized spacial score (nSPS) is 15.4. The van der Waals surface area contributed by atoms with Crippen molar-refractivity contribution in [1.82, 2.24) is 5.32 Å². The molecule has 1 aliphatic heterocycles. The molecular weight excluding hydrogens is 619 g/mol. The van der Waals surface area contributed by atoms with Gasteiger partial charge in [-0.3, -0.25) is 4.99 Å². The molecule has 0 fully saturated rings. The summed E-state index contributed by atoms with van der Waals surface area (Å²) in [5.41, 5.74) is 14.6. The van der Waals surface area contributed by atoms with Crippen LogP contribution < -0.4 is 5.32 Å². The van der Waals surface area contributed by atoms with Crippen LogP contribution in [0.2, 0.25) is 0 Å². The first-order chi connectivity index (χ1) is 25.2. The lowest BCUT2D eigenvalue weighted by atomic mass is 9.67. The number of fused-ring (bicyclic) bond motifs is 3. The average molecular weight is 652 g/mol. The van der Waals surface area contributed by atoms with Crippen LogP contribution in [0.1, 0.15) is 50.7 Å². The lowest BCUT2D eigenvalue weighted by Gasteiger charge is -2.34. The second-order valence-corrected chi connectivity index (χ2v) is 13.1. The van der Waals surface area contributed by atoms with Gasteiger partial charge in [-0.15, -0.1) is 0 Å². The van der Waals surface area contributed by atoms with E-state index in [9.17, 15) is 5.26 Å². The molecule has 51 heavy (non-hydrogen) atoms. The highest BCUT2D eigenvalue weighted by Crippen LogP contribution is 2.57. The van der Waals surface area contributed by atoms with Crippen molar-refractivity contribution in [3.05, 3.63) is 233 Å². The number of allylic oxidation sites excluding steroid dienone is 1. The quantitative estimate of drug-likeness (QED) is 0.194. The SMILES string of the molecule is N#Cc1ccc2c(c1)C(c1ccccc1)(c1ccccc1)c1cc(-c3cccc(C4=NC(c5ccccc5)NC(c5ccccc5)=C4)c3)ccc1-2. The third kappa shape index (κ3) is 5.17. The molecule has 0 bridgehead atoms. The van der Waals surface area contributed by atoms with Gasteiger partial charge in [0.25, 0.3) is 0 Å². The van der Waals surface area contributed by atoms with E-state index in [-0.39, 0.29) is 6.17 Å². The minimum atomic E-state index is -0.594. The molecule has 1 atom stereocenters. The van der Waals surface area contributed by atoms with Gasteiger partial charge in [-0.05, 0) is 86.0 Å². The summed E-state index contributed by atoms with van der Waals surface area (Å²) in [4.78, 5) is 5.24. The fraction of sp³-hybridized carbons (Fsp3) is 0.0417. The maximum Gasteiger partial charge on any atom is 0.145 e. The zero-order valence-electron chi connectivity index (χ0n) is 27.9. The van der Waals surface area contributed by atoms with Crippen molar-refractivity contribution in [2.24, 2.45) is 4.99 Å². The number of nitrogens with one attached hydrogen (secondary N) is 1. The molecule has 1 aliphatic carbocycles. The zero-order valence-corrected chi connectivity index (χ0v) is 27.9. The molecule has 0 spiro atoms. The van der Waals surface area contributed by atoms with Crippen LogP contribution in [0.25, 0.3) is 28.0 Å². The second-order valence-electron chi connectivity index (χ2n) is 13.1. The Morgan fingerprint density at radius 3 is 1.73 bits per heavy atom. The van der Waals surface area contributed by atoms with Gasteiger partial charge in [-0.25, -0.2) is 0 Å². The van der Waals surface area contributed by atoms with Gasteiger partial charge in [0.05, 0.1) is 22.8 Å². The fourth-order valence-electron chi connectivity index (χ4n) is 7.87. The predicted molar refractivity (Wildman–Crippen MR) is 207 cm³/mol. The lowest BCUT2D eigenvalue weighted by Crippen LogP contribution is -2.28. The summed E-state index contributed by atoms with van der Waals surface area (Å²) < 4.78 is 0. The molecule has 0 aromatic heterocycles. The first-order valence-electron chi connectivity index (χ1n) is 17.3. The molecule has 1 N–H and O–H groups in total. The summed E-state index contributed by atoms with van der Waals surface area (Å²) in [5.74, 6) is 0. The van der Waals surface area contributed by atoms with Crippen LogP contribution in [0.3, 0.4) is 0 Å². The maximum atomic E-state index is 10.0. The van der Waals surface area contributed by atoms with Crippen molar-refractivity contribution in [3.63, 3.8) is 0 Å². The minimum Gasteiger partial charge on any atom is -0.360 e. The molecule has 3 heteroatoms. The highest BCUT2D eigenvalue weighted by molar-refractivity contribution is 6.13. The van der Waals surface area contributed by atoms with Gasteiger partial charge in [-0.2, -0.15) is 5.26 Å². The average Bonchev–Trinajstić information content (AvgIpc) is 3.51. The molecule has 0 amide bonds. The summed E-state index contributed by atoms with van der Waals surface area (Å²) in [6.45, 7) is 0. The van der Waals surface area contributed by atoms with E-state index in [1.54, 1.807) is 0 Å². The Morgan fingerprint density at radius 2 is 1.06 bits per heavy atom. The molecule has 3 nitrogen and oxygen atoms in total. The summed E-state index contributed by atoms with van der Waals surface area (Å²) in [7, 11) is 0. The standard InChI is InChI=1S/C48H33N3/c49-32-33-24-26-41-42-27-25-37(30-44(42)48(43(41)28-33,39-20-9-3-10-21-39)40-22-11-4-12-23-40)36-18-13-19-38(29-36)46-31-45(34-14-5-1-6-15-34)50-47(51-46)35-16-7-2-8-17-35/h1-31,47,50H. The van der Waals surface area contributed by atoms with Gasteiger partial charge >= 0.3 is 0 Å². The van der Waals surface area contributed by atoms with Gasteiger partial charge in [0.2, 0.25) is 0 Å². The predicted octanol–water partition coefficient (Wildman–Crippen LogP) is 10.7. The second kappa shape index (κ2) is 12.6. The van der Waals surface area contributed by atoms with Crippen molar-refractivity contribution in [3.8, 4) is 28.3 Å². The molecule has 1 heterocycles. The van der Waals surface area contributed by atoms with Crippen molar-refractivity contribution in [2.45, 2.75) is 11.6 Å². The number of hydrogen-bond acceptors (Lipinski definition) is 3. The smallest absolute Gasteiger partial charge is 0.145 e. The number of hydrogen-bond donors (Lipinski definition) is 1. The fourth-order valence-corrected chi connectivity index (χ4v) is 7.87. The van der Waals surface area contributed by atoms with Crippen molar-refractivity contribution >= 4 is 11.4 Å². The van der Waals surface area contributed by atoms with Crippen LogP contribution in [0.5, 0.6) is 0 Å². The van der Waals surface area contributed by atoms with E-state index in [1.807, 2.05) is 18.2 Å². The van der Waals surface area contributed by atoms with Crippen molar-refractivity contribution in [2.75, 3.05) is 0 Å². The number of nitrogens with zero attached hydrogens (tertiary/aromatic N) is 2. The third-order valence-corrected chi connectivity index (χ3v) is 10.2. The van der Waals surface area contributed by atoms with Crippen LogP contribution >= 0.6 is 0 Å². The Kier molecular flexibility index (Phi) is 7.49. The van der Waals surface area contributed by atoms with Crippen LogP contribution in [0.15, 0.2) is 193 Å². The van der Waals surface area contributed by atoms with Crippen LogP contribution in [-0.4, -0.2) is 5.71 Å². The van der Waals surface area contributed by atoms with E-state index in [4.69, 9.17) is 4.99 Å². The number of aliphatic imine (C=N–C) groups is 1. The highest BCUT2D eigenvalue weighted by Gasteiger charge is 2.46. The van der Waals surface area contributed by atoms with E-state index in [0.717, 1.165) is 50.4 Å². The van der Waals surface area contributed by atoms with Gasteiger partial charge in [0, 0.05) is 11.3 Å². The van der Waals surface area contributed by atoms with E-state index in [2.05, 4.69) is 181 Å². The topological polar surface area (TPSA) is 48.2 Å². The first kappa shape index (κ1) is 30.3. The largest absolute Gasteiger partial charge is 0.360 e. The van der Waals surface area contributed by atoms with Gasteiger partial charge in [0.1, 0.15) is 6.17 Å². The zero-order chi connectivity index (χ0) is 34.2. The lowest BCUT2D eigenvalue weighted by molar-refractivity contribution is 0.664. The van der Waals surface area contributed by atoms with Crippen LogP contribution in [0.4, 0.5) is 0 Å². The Bertz CT molecular complexity index is 2450. The van der Waals surface area contributed by atoms with Crippen molar-refractivity contribution < 1.29 is 0 Å². The molecule has 0 saturated heterocycles. The first-order valence-corrected chi connectivity index (χ1v) is 17.3. The highest BCUT2D eigenvalue weighted by atomic mass is 15.1. The molecule has 0 saturated carbocycles. The Hall–Kier alpha value is -6.76. The van der Waals surface area contributed by atoms with Gasteiger partial charge < -0.3 is 5.32 Å². The number of nitriles is 1. The maximum absolute atomic E-state index is 10.0. The summed E-state index contributed by atoms with van der Waals surface area (Å²) >= 11 is 0. The molecule has 7 aromatic rings. The van der Waals surface area contributed by atoms with Crippen molar-refractivity contribution in [1.29, 1.82) is 5.26 Å². The summed E-state index contributed by atoms with van der Waals surface area (Å²) in [6, 6.07) is 66.4.